The number of benzene rings is 5. The van der Waals surface area contributed by atoms with Gasteiger partial charge in [-0.15, -0.1) is 0 Å². The Morgan fingerprint density at radius 2 is 1.15 bits per heavy atom. The van der Waals surface area contributed by atoms with Crippen LogP contribution in [0.2, 0.25) is 0 Å². The molecule has 7 heteroatoms. The van der Waals surface area contributed by atoms with Gasteiger partial charge in [-0.3, -0.25) is 14.9 Å². The van der Waals surface area contributed by atoms with Gasteiger partial charge in [0.25, 0.3) is 11.8 Å². The van der Waals surface area contributed by atoms with Gasteiger partial charge in [-0.25, -0.2) is 0 Å². The van der Waals surface area contributed by atoms with Crippen molar-refractivity contribution in [3.05, 3.63) is 119 Å². The number of imide groups is 1. The van der Waals surface area contributed by atoms with E-state index in [-0.39, 0.29) is 0 Å². The number of carbonyl (C=O) groups excluding carboxylic acids is 2. The molecule has 7 nitrogen and oxygen atoms in total. The van der Waals surface area contributed by atoms with Crippen molar-refractivity contribution < 1.29 is 19.1 Å². The Kier molecular flexibility index (Phi) is 8.49. The number of carbonyl (C=O) groups is 2. The summed E-state index contributed by atoms with van der Waals surface area (Å²) in [5, 5.41) is 5.68. The van der Waals surface area contributed by atoms with Crippen molar-refractivity contribution in [2.24, 2.45) is 7.05 Å². The molecule has 0 bridgehead atoms. The minimum Gasteiger partial charge on any atom is -0.489 e. The van der Waals surface area contributed by atoms with Crippen LogP contribution in [0.3, 0.4) is 0 Å². The van der Waals surface area contributed by atoms with Crippen molar-refractivity contribution in [3.8, 4) is 11.5 Å². The fourth-order valence-corrected chi connectivity index (χ4v) is 6.17. The summed E-state index contributed by atoms with van der Waals surface area (Å²) in [4.78, 5) is 30.2. The van der Waals surface area contributed by atoms with Gasteiger partial charge in [-0.05, 0) is 47.5 Å². The summed E-state index contributed by atoms with van der Waals surface area (Å²) in [5.41, 5.74) is 6.35. The zero-order valence-corrected chi connectivity index (χ0v) is 26.7. The van der Waals surface area contributed by atoms with Crippen LogP contribution >= 0.6 is 0 Å². The molecule has 2 aromatic heterocycles. The SMILES string of the molecule is CC.CC.Cn1c2ccc(OCc3ccccc3)cc2c2c3c(c4c5cc(OCc6ccccc6)ccc5[nH]c4c21)C(=O)NC3=O. The number of H-pyrrole nitrogens is 1. The molecule has 0 saturated heterocycles. The van der Waals surface area contributed by atoms with Crippen molar-refractivity contribution in [1.29, 1.82) is 0 Å². The van der Waals surface area contributed by atoms with Gasteiger partial charge in [0.05, 0.1) is 22.2 Å². The van der Waals surface area contributed by atoms with Gasteiger partial charge < -0.3 is 19.0 Å². The molecule has 1 aliphatic rings. The number of rotatable bonds is 6. The van der Waals surface area contributed by atoms with E-state index in [4.69, 9.17) is 9.47 Å². The highest BCUT2D eigenvalue weighted by molar-refractivity contribution is 6.39. The maximum Gasteiger partial charge on any atom is 0.259 e. The standard InChI is InChI=1S/C35H25N3O4.2C2H6/c1-38-27-15-13-23(42-19-21-10-6-3-7-11-21)17-25(27)29-31-30(34(39)37-35(31)40)28-24-16-22(41-18-20-8-4-2-5-9-20)12-14-26(24)36-32(28)33(29)38;2*1-2/h2-17,36H,18-19H2,1H3,(H,37,39,40);2*1-2H3. The summed E-state index contributed by atoms with van der Waals surface area (Å²) < 4.78 is 14.3. The highest BCUT2D eigenvalue weighted by Gasteiger charge is 2.35. The molecule has 5 aromatic carbocycles. The van der Waals surface area contributed by atoms with Gasteiger partial charge >= 0.3 is 0 Å². The summed E-state index contributed by atoms with van der Waals surface area (Å²) in [6.07, 6.45) is 0. The van der Waals surface area contributed by atoms with E-state index in [1.165, 1.54) is 0 Å². The first kappa shape index (κ1) is 30.5. The van der Waals surface area contributed by atoms with Gasteiger partial charge in [-0.1, -0.05) is 88.4 Å². The molecular formula is C39H37N3O4. The smallest absolute Gasteiger partial charge is 0.259 e. The number of aromatic nitrogens is 2. The molecule has 2 amide bonds. The van der Waals surface area contributed by atoms with E-state index < -0.39 is 11.8 Å². The number of nitrogens with zero attached hydrogens (tertiary/aromatic N) is 1. The maximum atomic E-state index is 13.4. The van der Waals surface area contributed by atoms with Crippen molar-refractivity contribution in [2.75, 3.05) is 0 Å². The van der Waals surface area contributed by atoms with Crippen LogP contribution in [0.4, 0.5) is 0 Å². The normalized spacial score (nSPS) is 12.0. The number of hydrogen-bond acceptors (Lipinski definition) is 4. The number of ether oxygens (including phenoxy) is 2. The van der Waals surface area contributed by atoms with Crippen LogP contribution in [-0.4, -0.2) is 21.4 Å². The summed E-state index contributed by atoms with van der Waals surface area (Å²) in [6, 6.07) is 31.7. The Bertz CT molecular complexity index is 2210. The predicted octanol–water partition coefficient (Wildman–Crippen LogP) is 9.06. The van der Waals surface area contributed by atoms with E-state index in [0.29, 0.717) is 41.2 Å². The fraction of sp³-hybridized carbons (Fsp3) is 0.179. The molecule has 0 atom stereocenters. The number of aryl methyl sites for hydroxylation is 1. The Hall–Kier alpha value is -5.56. The number of fused-ring (bicyclic) bond motifs is 10. The van der Waals surface area contributed by atoms with Crippen molar-refractivity contribution in [3.63, 3.8) is 0 Å². The molecular weight excluding hydrogens is 574 g/mol. The van der Waals surface area contributed by atoms with Gasteiger partial charge in [0, 0.05) is 39.6 Å². The largest absolute Gasteiger partial charge is 0.489 e. The number of nitrogens with one attached hydrogen (secondary N) is 2. The van der Waals surface area contributed by atoms with E-state index in [1.807, 2.05) is 132 Å². The second-order valence-corrected chi connectivity index (χ2v) is 10.6. The molecule has 0 aliphatic carbocycles. The van der Waals surface area contributed by atoms with Gasteiger partial charge in [0.1, 0.15) is 24.7 Å². The van der Waals surface area contributed by atoms with Crippen LogP contribution in [0.1, 0.15) is 59.5 Å². The minimum atomic E-state index is -0.396. The van der Waals surface area contributed by atoms with Crippen molar-refractivity contribution in [2.45, 2.75) is 40.9 Å². The van der Waals surface area contributed by atoms with E-state index in [2.05, 4.69) is 14.9 Å². The minimum absolute atomic E-state index is 0.386. The molecule has 1 aliphatic heterocycles. The molecule has 3 heterocycles. The van der Waals surface area contributed by atoms with Gasteiger partial charge in [0.2, 0.25) is 0 Å². The van der Waals surface area contributed by atoms with E-state index in [1.54, 1.807) is 0 Å². The van der Waals surface area contributed by atoms with E-state index in [0.717, 1.165) is 49.4 Å². The van der Waals surface area contributed by atoms with Crippen LogP contribution in [0.5, 0.6) is 11.5 Å². The Morgan fingerprint density at radius 1 is 0.630 bits per heavy atom. The lowest BCUT2D eigenvalue weighted by Gasteiger charge is -2.07. The maximum absolute atomic E-state index is 13.4. The summed E-state index contributed by atoms with van der Waals surface area (Å²) in [7, 11) is 1.98. The highest BCUT2D eigenvalue weighted by atomic mass is 16.5. The molecule has 46 heavy (non-hydrogen) atoms. The highest BCUT2D eigenvalue weighted by Crippen LogP contribution is 2.44. The van der Waals surface area contributed by atoms with Gasteiger partial charge in [0.15, 0.2) is 0 Å². The van der Waals surface area contributed by atoms with Crippen LogP contribution in [0.25, 0.3) is 43.6 Å². The average Bonchev–Trinajstić information content (AvgIpc) is 3.73. The van der Waals surface area contributed by atoms with Crippen molar-refractivity contribution >= 4 is 55.4 Å². The van der Waals surface area contributed by atoms with E-state index >= 15 is 0 Å². The summed E-state index contributed by atoms with van der Waals surface area (Å²) >= 11 is 0. The summed E-state index contributed by atoms with van der Waals surface area (Å²) in [5.74, 6) is 0.583. The van der Waals surface area contributed by atoms with Gasteiger partial charge in [-0.2, -0.15) is 0 Å². The van der Waals surface area contributed by atoms with Crippen LogP contribution in [0, 0.1) is 0 Å². The zero-order chi connectivity index (χ0) is 32.4. The lowest BCUT2D eigenvalue weighted by atomic mass is 9.96. The molecule has 232 valence electrons. The second kappa shape index (κ2) is 12.8. The lowest BCUT2D eigenvalue weighted by molar-refractivity contribution is 0.0880. The molecule has 2 N–H and O–H groups in total. The quantitative estimate of drug-likeness (QED) is 0.184. The third-order valence-electron chi connectivity index (χ3n) is 8.11. The Labute approximate surface area is 267 Å². The van der Waals surface area contributed by atoms with E-state index in [9.17, 15) is 9.59 Å². The Balaban J connectivity index is 0.000000896. The van der Waals surface area contributed by atoms with Crippen LogP contribution in [-0.2, 0) is 20.3 Å². The first-order valence-corrected chi connectivity index (χ1v) is 15.8. The molecule has 0 radical (unpaired) electrons. The molecule has 7 aromatic rings. The Morgan fingerprint density at radius 3 is 1.74 bits per heavy atom. The molecule has 0 spiro atoms. The average molecular weight is 612 g/mol. The third-order valence-corrected chi connectivity index (χ3v) is 8.11. The van der Waals surface area contributed by atoms with Crippen molar-refractivity contribution in [1.82, 2.24) is 14.9 Å². The topological polar surface area (TPSA) is 85.3 Å². The molecule has 8 rings (SSSR count). The number of hydrogen-bond donors (Lipinski definition) is 2. The lowest BCUT2D eigenvalue weighted by Crippen LogP contribution is -2.20. The predicted molar refractivity (Wildman–Crippen MR) is 186 cm³/mol. The molecule has 0 fully saturated rings. The fourth-order valence-electron chi connectivity index (χ4n) is 6.17. The first-order chi connectivity index (χ1) is 22.6. The zero-order valence-electron chi connectivity index (χ0n) is 26.7. The molecule has 0 unspecified atom stereocenters. The third kappa shape index (κ3) is 5.13. The summed E-state index contributed by atoms with van der Waals surface area (Å²) in [6.45, 7) is 8.85. The molecule has 0 saturated carbocycles. The second-order valence-electron chi connectivity index (χ2n) is 10.6. The first-order valence-electron chi connectivity index (χ1n) is 15.8. The number of amides is 2. The van der Waals surface area contributed by atoms with Crippen LogP contribution < -0.4 is 14.8 Å². The van der Waals surface area contributed by atoms with Crippen LogP contribution in [0.15, 0.2) is 97.1 Å². The monoisotopic (exact) mass is 611 g/mol. The number of aromatic amines is 1.